The molecule has 4 fully saturated rings. The van der Waals surface area contributed by atoms with Crippen LogP contribution in [0.1, 0.15) is 32.6 Å². The van der Waals surface area contributed by atoms with Crippen LogP contribution >= 0.6 is 0 Å². The minimum absolute atomic E-state index is 0.892. The van der Waals surface area contributed by atoms with Gasteiger partial charge in [0.2, 0.25) is 0 Å². The Bertz CT molecular complexity index is 181. The normalized spacial score (nSPS) is 57.2. The predicted octanol–water partition coefficient (Wildman–Crippen LogP) is 2.03. The molecular formula is C11H19N. The summed E-state index contributed by atoms with van der Waals surface area (Å²) in [6, 6.07) is 0.892. The molecule has 68 valence electrons. The molecule has 2 heterocycles. The lowest BCUT2D eigenvalue weighted by atomic mass is 9.63. The summed E-state index contributed by atoms with van der Waals surface area (Å²) in [5.41, 5.74) is 0. The molecule has 12 heavy (non-hydrogen) atoms. The van der Waals surface area contributed by atoms with Crippen molar-refractivity contribution >= 4 is 0 Å². The van der Waals surface area contributed by atoms with Crippen LogP contribution < -0.4 is 5.32 Å². The fraction of sp³-hybridized carbons (Fsp3) is 1.00. The van der Waals surface area contributed by atoms with Crippen molar-refractivity contribution in [3.8, 4) is 0 Å². The number of hydrogen-bond donors (Lipinski definition) is 1. The van der Waals surface area contributed by atoms with Gasteiger partial charge in [-0.05, 0) is 55.9 Å². The first-order valence-electron chi connectivity index (χ1n) is 5.56. The minimum Gasteiger partial charge on any atom is -0.314 e. The molecule has 0 radical (unpaired) electrons. The standard InChI is InChI=1S/C11H19N/c1-7-9-2-8-3-10(7)6-12-11(4-8)5-9/h7-12H,2-6H2,1H3. The van der Waals surface area contributed by atoms with Crippen LogP contribution in [0.3, 0.4) is 0 Å². The third-order valence-corrected chi connectivity index (χ3v) is 4.63. The Balaban J connectivity index is 1.92. The van der Waals surface area contributed by atoms with Crippen LogP contribution in [0.25, 0.3) is 0 Å². The van der Waals surface area contributed by atoms with Crippen LogP contribution in [0.4, 0.5) is 0 Å². The van der Waals surface area contributed by atoms with Crippen LogP contribution in [0.2, 0.25) is 0 Å². The molecule has 0 aromatic heterocycles. The zero-order valence-corrected chi connectivity index (χ0v) is 7.92. The molecule has 1 N–H and O–H groups in total. The smallest absolute Gasteiger partial charge is 0.00725 e. The molecule has 2 aliphatic carbocycles. The molecule has 4 bridgehead atoms. The summed E-state index contributed by atoms with van der Waals surface area (Å²) in [6.07, 6.45) is 6.05. The molecule has 2 saturated carbocycles. The monoisotopic (exact) mass is 165 g/mol. The van der Waals surface area contributed by atoms with Gasteiger partial charge >= 0.3 is 0 Å². The molecule has 1 heteroatoms. The van der Waals surface area contributed by atoms with Gasteiger partial charge in [0, 0.05) is 6.04 Å². The lowest BCUT2D eigenvalue weighted by Crippen LogP contribution is -2.36. The second-order valence-corrected chi connectivity index (χ2v) is 5.29. The molecule has 0 aromatic carbocycles. The van der Waals surface area contributed by atoms with Gasteiger partial charge in [-0.15, -0.1) is 0 Å². The Kier molecular flexibility index (Phi) is 1.52. The molecular weight excluding hydrogens is 146 g/mol. The maximum atomic E-state index is 3.73. The Labute approximate surface area is 74.9 Å². The molecule has 2 saturated heterocycles. The Morgan fingerprint density at radius 2 is 1.83 bits per heavy atom. The van der Waals surface area contributed by atoms with Gasteiger partial charge in [0.05, 0.1) is 0 Å². The molecule has 4 rings (SSSR count). The van der Waals surface area contributed by atoms with Crippen molar-refractivity contribution in [1.29, 1.82) is 0 Å². The topological polar surface area (TPSA) is 12.0 Å². The molecule has 4 aliphatic rings. The SMILES string of the molecule is CC1C2CNC3CC(C2)CC1C3. The second-order valence-electron chi connectivity index (χ2n) is 5.29. The third kappa shape index (κ3) is 0.953. The van der Waals surface area contributed by atoms with E-state index in [1.54, 1.807) is 6.42 Å². The van der Waals surface area contributed by atoms with E-state index in [2.05, 4.69) is 12.2 Å². The van der Waals surface area contributed by atoms with Crippen LogP contribution in [-0.2, 0) is 0 Å². The maximum Gasteiger partial charge on any atom is 0.00725 e. The molecule has 0 amide bonds. The van der Waals surface area contributed by atoms with Crippen molar-refractivity contribution < 1.29 is 0 Å². The van der Waals surface area contributed by atoms with E-state index in [0.717, 1.165) is 29.7 Å². The summed E-state index contributed by atoms with van der Waals surface area (Å²) in [5, 5.41) is 3.73. The van der Waals surface area contributed by atoms with Crippen molar-refractivity contribution in [2.24, 2.45) is 23.7 Å². The van der Waals surface area contributed by atoms with Crippen LogP contribution in [0, 0.1) is 23.7 Å². The molecule has 0 spiro atoms. The zero-order valence-electron chi connectivity index (χ0n) is 7.92. The quantitative estimate of drug-likeness (QED) is 0.579. The van der Waals surface area contributed by atoms with Crippen molar-refractivity contribution in [1.82, 2.24) is 5.32 Å². The largest absolute Gasteiger partial charge is 0.314 e. The fourth-order valence-corrected chi connectivity index (χ4v) is 3.89. The van der Waals surface area contributed by atoms with E-state index in [-0.39, 0.29) is 0 Å². The van der Waals surface area contributed by atoms with Crippen molar-refractivity contribution in [3.05, 3.63) is 0 Å². The van der Waals surface area contributed by atoms with Crippen LogP contribution in [-0.4, -0.2) is 12.6 Å². The first kappa shape index (κ1) is 7.37. The van der Waals surface area contributed by atoms with Gasteiger partial charge in [0.25, 0.3) is 0 Å². The van der Waals surface area contributed by atoms with E-state index in [9.17, 15) is 0 Å². The second kappa shape index (κ2) is 2.47. The fourth-order valence-electron chi connectivity index (χ4n) is 3.89. The van der Waals surface area contributed by atoms with E-state index >= 15 is 0 Å². The Morgan fingerprint density at radius 1 is 1.00 bits per heavy atom. The summed E-state index contributed by atoms with van der Waals surface area (Å²) in [5.74, 6) is 4.19. The highest BCUT2D eigenvalue weighted by molar-refractivity contribution is 4.96. The third-order valence-electron chi connectivity index (χ3n) is 4.63. The summed E-state index contributed by atoms with van der Waals surface area (Å²) in [7, 11) is 0. The van der Waals surface area contributed by atoms with E-state index in [1.165, 1.54) is 25.8 Å². The highest BCUT2D eigenvalue weighted by atomic mass is 14.9. The lowest BCUT2D eigenvalue weighted by Gasteiger charge is -2.42. The summed E-state index contributed by atoms with van der Waals surface area (Å²) >= 11 is 0. The van der Waals surface area contributed by atoms with Crippen LogP contribution in [0.5, 0.6) is 0 Å². The summed E-state index contributed by atoms with van der Waals surface area (Å²) in [6.45, 7) is 3.81. The van der Waals surface area contributed by atoms with Gasteiger partial charge in [-0.3, -0.25) is 0 Å². The zero-order chi connectivity index (χ0) is 8.13. The van der Waals surface area contributed by atoms with Crippen molar-refractivity contribution in [3.63, 3.8) is 0 Å². The van der Waals surface area contributed by atoms with Gasteiger partial charge in [-0.2, -0.15) is 0 Å². The number of rotatable bonds is 0. The average Bonchev–Trinajstić information content (AvgIpc) is 2.27. The Morgan fingerprint density at radius 3 is 2.75 bits per heavy atom. The van der Waals surface area contributed by atoms with Gasteiger partial charge < -0.3 is 5.32 Å². The highest BCUT2D eigenvalue weighted by Crippen LogP contribution is 2.47. The summed E-state index contributed by atoms with van der Waals surface area (Å²) < 4.78 is 0. The average molecular weight is 165 g/mol. The van der Waals surface area contributed by atoms with Gasteiger partial charge in [-0.1, -0.05) is 6.92 Å². The van der Waals surface area contributed by atoms with Gasteiger partial charge in [0.15, 0.2) is 0 Å². The number of hydrogen-bond acceptors (Lipinski definition) is 1. The van der Waals surface area contributed by atoms with Gasteiger partial charge in [0.1, 0.15) is 0 Å². The van der Waals surface area contributed by atoms with Crippen LogP contribution in [0.15, 0.2) is 0 Å². The van der Waals surface area contributed by atoms with E-state index in [1.807, 2.05) is 0 Å². The highest BCUT2D eigenvalue weighted by Gasteiger charge is 2.43. The maximum absolute atomic E-state index is 3.73. The van der Waals surface area contributed by atoms with E-state index in [4.69, 9.17) is 0 Å². The Hall–Kier alpha value is -0.0400. The number of nitrogens with one attached hydrogen (secondary N) is 1. The van der Waals surface area contributed by atoms with Crippen molar-refractivity contribution in [2.75, 3.05) is 6.54 Å². The summed E-state index contributed by atoms with van der Waals surface area (Å²) in [4.78, 5) is 0. The van der Waals surface area contributed by atoms with E-state index in [0.29, 0.717) is 0 Å². The van der Waals surface area contributed by atoms with E-state index < -0.39 is 0 Å². The first-order valence-corrected chi connectivity index (χ1v) is 5.56. The molecule has 2 aliphatic heterocycles. The van der Waals surface area contributed by atoms with Gasteiger partial charge in [-0.25, -0.2) is 0 Å². The minimum atomic E-state index is 0.892. The molecule has 5 atom stereocenters. The predicted molar refractivity (Wildman–Crippen MR) is 49.9 cm³/mol. The molecule has 5 unspecified atom stereocenters. The number of fused-ring (bicyclic) bond motifs is 1. The van der Waals surface area contributed by atoms with Crippen molar-refractivity contribution in [2.45, 2.75) is 38.6 Å². The lowest BCUT2D eigenvalue weighted by molar-refractivity contribution is 0.0945. The first-order chi connectivity index (χ1) is 5.83. The molecule has 1 nitrogen and oxygen atoms in total. The molecule has 0 aromatic rings.